The fourth-order valence-electron chi connectivity index (χ4n) is 3.81. The molecule has 0 aliphatic heterocycles. The van der Waals surface area contributed by atoms with E-state index < -0.39 is 28.5 Å². The lowest BCUT2D eigenvalue weighted by molar-refractivity contribution is -0.139. The number of benzene rings is 3. The summed E-state index contributed by atoms with van der Waals surface area (Å²) in [5.74, 6) is -0.801. The Balaban J connectivity index is 2.01. The summed E-state index contributed by atoms with van der Waals surface area (Å²) in [5, 5.41) is 3.28. The molecule has 9 heteroatoms. The van der Waals surface area contributed by atoms with Crippen molar-refractivity contribution < 1.29 is 18.0 Å². The molecule has 0 aromatic heterocycles. The lowest BCUT2D eigenvalue weighted by Crippen LogP contribution is -2.51. The number of rotatable bonds is 11. The van der Waals surface area contributed by atoms with Gasteiger partial charge in [0.2, 0.25) is 11.8 Å². The number of nitrogens with zero attached hydrogens (tertiary/aromatic N) is 2. The van der Waals surface area contributed by atoms with E-state index in [-0.39, 0.29) is 17.3 Å². The molecule has 3 aromatic carbocycles. The number of sulfonamides is 1. The second-order valence-corrected chi connectivity index (χ2v) is 11.0. The van der Waals surface area contributed by atoms with E-state index in [0.717, 1.165) is 21.9 Å². The number of aryl methyl sites for hydroxylation is 1. The van der Waals surface area contributed by atoms with Crippen LogP contribution in [-0.2, 0) is 26.2 Å². The first-order valence-electron chi connectivity index (χ1n) is 12.1. The van der Waals surface area contributed by atoms with Gasteiger partial charge in [0.1, 0.15) is 12.6 Å². The van der Waals surface area contributed by atoms with Gasteiger partial charge in [0.05, 0.1) is 10.6 Å². The average molecular weight is 542 g/mol. The van der Waals surface area contributed by atoms with Gasteiger partial charge in [-0.1, -0.05) is 61.0 Å². The molecular formula is C28H32ClN3O4S. The van der Waals surface area contributed by atoms with Gasteiger partial charge in [-0.25, -0.2) is 8.42 Å². The van der Waals surface area contributed by atoms with Crippen molar-refractivity contribution in [1.82, 2.24) is 10.2 Å². The van der Waals surface area contributed by atoms with Gasteiger partial charge >= 0.3 is 0 Å². The highest BCUT2D eigenvalue weighted by atomic mass is 35.5. The molecule has 0 bridgehead atoms. The van der Waals surface area contributed by atoms with Gasteiger partial charge in [0, 0.05) is 18.1 Å². The molecule has 3 rings (SSSR count). The molecule has 196 valence electrons. The SMILES string of the molecule is CCCNC(=O)[C@@H](C)N(Cc1ccccc1C)C(=O)CN(c1ccc(Cl)cc1)S(=O)(=O)c1ccccc1. The normalized spacial score (nSPS) is 12.0. The fourth-order valence-corrected chi connectivity index (χ4v) is 5.37. The van der Waals surface area contributed by atoms with Crippen molar-refractivity contribution in [3.05, 3.63) is 95.0 Å². The van der Waals surface area contributed by atoms with Crippen LogP contribution in [0.5, 0.6) is 0 Å². The van der Waals surface area contributed by atoms with Crippen molar-refractivity contribution in [2.45, 2.75) is 44.7 Å². The summed E-state index contributed by atoms with van der Waals surface area (Å²) in [7, 11) is -4.09. The summed E-state index contributed by atoms with van der Waals surface area (Å²) in [4.78, 5) is 28.2. The monoisotopic (exact) mass is 541 g/mol. The van der Waals surface area contributed by atoms with Gasteiger partial charge in [-0.05, 0) is 67.8 Å². The maximum atomic E-state index is 13.8. The van der Waals surface area contributed by atoms with E-state index >= 15 is 0 Å². The molecule has 0 heterocycles. The maximum Gasteiger partial charge on any atom is 0.264 e. The predicted octanol–water partition coefficient (Wildman–Crippen LogP) is 4.79. The Bertz CT molecular complexity index is 1310. The van der Waals surface area contributed by atoms with Crippen molar-refractivity contribution in [1.29, 1.82) is 0 Å². The number of carbonyl (C=O) groups is 2. The molecule has 0 aliphatic rings. The number of amides is 2. The maximum absolute atomic E-state index is 13.8. The van der Waals surface area contributed by atoms with E-state index in [1.54, 1.807) is 49.4 Å². The summed E-state index contributed by atoms with van der Waals surface area (Å²) >= 11 is 6.04. The number of anilines is 1. The van der Waals surface area contributed by atoms with Crippen LogP contribution in [0.25, 0.3) is 0 Å². The smallest absolute Gasteiger partial charge is 0.264 e. The molecule has 3 aromatic rings. The first-order chi connectivity index (χ1) is 17.6. The van der Waals surface area contributed by atoms with Crippen LogP contribution in [0, 0.1) is 6.92 Å². The molecule has 7 nitrogen and oxygen atoms in total. The lowest BCUT2D eigenvalue weighted by Gasteiger charge is -2.32. The Morgan fingerprint density at radius 3 is 2.19 bits per heavy atom. The fraction of sp³-hybridized carbons (Fsp3) is 0.286. The largest absolute Gasteiger partial charge is 0.354 e. The minimum absolute atomic E-state index is 0.0527. The molecule has 0 saturated heterocycles. The van der Waals surface area contributed by atoms with Crippen LogP contribution in [0.2, 0.25) is 5.02 Å². The number of nitrogens with one attached hydrogen (secondary N) is 1. The third-order valence-electron chi connectivity index (χ3n) is 6.04. The van der Waals surface area contributed by atoms with Crippen LogP contribution in [0.15, 0.2) is 83.8 Å². The topological polar surface area (TPSA) is 86.8 Å². The lowest BCUT2D eigenvalue weighted by atomic mass is 10.1. The van der Waals surface area contributed by atoms with Crippen LogP contribution in [0.3, 0.4) is 0 Å². The number of hydrogen-bond donors (Lipinski definition) is 1. The summed E-state index contributed by atoms with van der Waals surface area (Å²) in [6.07, 6.45) is 0.754. The highest BCUT2D eigenvalue weighted by Crippen LogP contribution is 2.26. The highest BCUT2D eigenvalue weighted by Gasteiger charge is 2.32. The number of carbonyl (C=O) groups excluding carboxylic acids is 2. The molecule has 0 aliphatic carbocycles. The van der Waals surface area contributed by atoms with Gasteiger partial charge in [-0.15, -0.1) is 0 Å². The Hall–Kier alpha value is -3.36. The quantitative estimate of drug-likeness (QED) is 0.378. The second kappa shape index (κ2) is 12.7. The molecular weight excluding hydrogens is 510 g/mol. The van der Waals surface area contributed by atoms with E-state index in [9.17, 15) is 18.0 Å². The van der Waals surface area contributed by atoms with E-state index in [1.165, 1.54) is 17.0 Å². The molecule has 0 spiro atoms. The summed E-state index contributed by atoms with van der Waals surface area (Å²) < 4.78 is 28.4. The van der Waals surface area contributed by atoms with Gasteiger partial charge in [-0.3, -0.25) is 13.9 Å². The number of halogens is 1. The Kier molecular flexibility index (Phi) is 9.72. The summed E-state index contributed by atoms with van der Waals surface area (Å²) in [5.41, 5.74) is 2.13. The zero-order valence-electron chi connectivity index (χ0n) is 21.2. The van der Waals surface area contributed by atoms with Crippen molar-refractivity contribution in [2.24, 2.45) is 0 Å². The minimum atomic E-state index is -4.09. The van der Waals surface area contributed by atoms with Crippen molar-refractivity contribution in [2.75, 3.05) is 17.4 Å². The molecule has 0 radical (unpaired) electrons. The van der Waals surface area contributed by atoms with Crippen LogP contribution >= 0.6 is 11.6 Å². The molecule has 37 heavy (non-hydrogen) atoms. The van der Waals surface area contributed by atoms with Crippen molar-refractivity contribution >= 4 is 39.1 Å². The minimum Gasteiger partial charge on any atom is -0.354 e. The second-order valence-electron chi connectivity index (χ2n) is 8.72. The van der Waals surface area contributed by atoms with Gasteiger partial charge < -0.3 is 10.2 Å². The third-order valence-corrected chi connectivity index (χ3v) is 8.08. The molecule has 2 amide bonds. The standard InChI is InChI=1S/C28H32ClN3O4S/c1-4-18-30-28(34)22(3)31(19-23-11-9-8-10-21(23)2)27(33)20-32(25-16-14-24(29)15-17-25)37(35,36)26-12-6-5-7-13-26/h5-17,22H,4,18-20H2,1-3H3,(H,30,34)/t22-/m1/s1. The summed E-state index contributed by atoms with van der Waals surface area (Å²) in [6.45, 7) is 5.68. The van der Waals surface area contributed by atoms with Gasteiger partial charge in [0.15, 0.2) is 0 Å². The van der Waals surface area contributed by atoms with Crippen LogP contribution in [0.4, 0.5) is 5.69 Å². The van der Waals surface area contributed by atoms with E-state index in [0.29, 0.717) is 17.3 Å². The molecule has 1 atom stereocenters. The van der Waals surface area contributed by atoms with Gasteiger partial charge in [-0.2, -0.15) is 0 Å². The third kappa shape index (κ3) is 7.11. The van der Waals surface area contributed by atoms with E-state index in [1.807, 2.05) is 38.1 Å². The van der Waals surface area contributed by atoms with E-state index in [4.69, 9.17) is 11.6 Å². The summed E-state index contributed by atoms with van der Waals surface area (Å²) in [6, 6.07) is 21.0. The molecule has 1 N–H and O–H groups in total. The van der Waals surface area contributed by atoms with Crippen molar-refractivity contribution in [3.63, 3.8) is 0 Å². The van der Waals surface area contributed by atoms with E-state index in [2.05, 4.69) is 5.32 Å². The molecule has 0 unspecified atom stereocenters. The Morgan fingerprint density at radius 1 is 0.946 bits per heavy atom. The first-order valence-corrected chi connectivity index (χ1v) is 13.9. The Morgan fingerprint density at radius 2 is 1.57 bits per heavy atom. The van der Waals surface area contributed by atoms with Crippen molar-refractivity contribution in [3.8, 4) is 0 Å². The predicted molar refractivity (Wildman–Crippen MR) is 147 cm³/mol. The zero-order chi connectivity index (χ0) is 27.0. The van der Waals surface area contributed by atoms with Crippen LogP contribution in [0.1, 0.15) is 31.4 Å². The zero-order valence-corrected chi connectivity index (χ0v) is 22.8. The van der Waals surface area contributed by atoms with Crippen LogP contribution < -0.4 is 9.62 Å². The molecule has 0 fully saturated rings. The first kappa shape index (κ1) is 28.2. The Labute approximate surface area is 224 Å². The number of hydrogen-bond acceptors (Lipinski definition) is 4. The van der Waals surface area contributed by atoms with Crippen LogP contribution in [-0.4, -0.2) is 44.3 Å². The molecule has 0 saturated carbocycles. The highest BCUT2D eigenvalue weighted by molar-refractivity contribution is 7.92. The average Bonchev–Trinajstić information content (AvgIpc) is 2.90. The van der Waals surface area contributed by atoms with Gasteiger partial charge in [0.25, 0.3) is 10.0 Å².